The Labute approximate surface area is 359 Å². The highest BCUT2D eigenvalue weighted by molar-refractivity contribution is 6.34. The second-order valence-electron chi connectivity index (χ2n) is 13.1. The van der Waals surface area contributed by atoms with Crippen LogP contribution in [0, 0.1) is 59.1 Å². The summed E-state index contributed by atoms with van der Waals surface area (Å²) in [5.74, 6) is 0.292. The maximum Gasteiger partial charge on any atom is 0.309 e. The molecule has 0 saturated heterocycles. The van der Waals surface area contributed by atoms with Gasteiger partial charge in [-0.05, 0) is 87.1 Å². The predicted molar refractivity (Wildman–Crippen MR) is 224 cm³/mol. The van der Waals surface area contributed by atoms with Gasteiger partial charge in [-0.15, -0.1) is 0 Å². The molecule has 8 N–H and O–H groups in total. The SMILES string of the molecule is NNC(=O)c1ccc([N+](=O)[O-])cc1.[C-]#[N+]c1ccc(C[C@@H](C(=O)NNC(=O)c2ccc([N+](=O)[O-])cc2)[C@@H](C)O)c(C)c1Cl.[C-]#[N+]c1ccc(C[C@@H](C(=O)O)[C@@H](C)O)c(C)c1Cl. The predicted octanol–water partition coefficient (Wildman–Crippen LogP) is 6.13. The number of rotatable bonds is 12. The third-order valence-corrected chi connectivity index (χ3v) is 9.96. The molecule has 0 spiro atoms. The van der Waals surface area contributed by atoms with Crippen LogP contribution in [0.5, 0.6) is 0 Å². The number of nitrogens with zero attached hydrogens (tertiary/aromatic N) is 4. The Morgan fingerprint density at radius 1 is 0.689 bits per heavy atom. The summed E-state index contributed by atoms with van der Waals surface area (Å²) >= 11 is 12.2. The fourth-order valence-corrected chi connectivity index (χ4v) is 5.75. The van der Waals surface area contributed by atoms with Crippen molar-refractivity contribution < 1.29 is 44.3 Å². The van der Waals surface area contributed by atoms with Gasteiger partial charge < -0.3 is 15.3 Å². The number of halogens is 2. The van der Waals surface area contributed by atoms with Crippen molar-refractivity contribution in [3.63, 3.8) is 0 Å². The molecule has 0 radical (unpaired) electrons. The molecule has 4 aromatic carbocycles. The fourth-order valence-electron chi connectivity index (χ4n) is 5.29. The van der Waals surface area contributed by atoms with Gasteiger partial charge in [0, 0.05) is 35.4 Å². The number of nitro groups is 2. The topological polar surface area (TPSA) is 286 Å². The molecule has 0 fully saturated rings. The molecule has 4 aromatic rings. The highest BCUT2D eigenvalue weighted by Gasteiger charge is 2.27. The number of aliphatic carboxylic acids is 1. The van der Waals surface area contributed by atoms with Crippen molar-refractivity contribution in [2.24, 2.45) is 17.7 Å². The second-order valence-corrected chi connectivity index (χ2v) is 13.8. The number of hydrogen-bond donors (Lipinski definition) is 7. The standard InChI is InChI=1S/C20H19ClN4O5.C13H14ClNO3.C7H7N3O3/c1-11-14(6-9-17(22-3)18(11)21)10-16(12(2)26)20(28)24-23-19(27)13-4-7-15(8-5-13)25(29)30;1-7-9(4-5-11(15-3)12(7)14)6-10(8(2)16)13(17)18;8-9-7(11)5-1-3-6(4-2-5)10(12)13/h4-9,12,16,26H,10H2,1-2H3,(H,23,27)(H,24,28);4-5,8,10,16H,6H2,1-2H3,(H,17,18);1-4H,8H2,(H,9,11)/t12-,16-;8-,10-;/m11./s1. The van der Waals surface area contributed by atoms with Crippen molar-refractivity contribution in [3.8, 4) is 0 Å². The molecule has 61 heavy (non-hydrogen) atoms. The molecule has 21 heteroatoms. The van der Waals surface area contributed by atoms with Gasteiger partial charge in [0.05, 0.1) is 57.1 Å². The monoisotopic (exact) mass is 878 g/mol. The van der Waals surface area contributed by atoms with Crippen molar-refractivity contribution in [3.05, 3.63) is 159 Å². The van der Waals surface area contributed by atoms with E-state index in [0.29, 0.717) is 38.1 Å². The molecule has 0 bridgehead atoms. The lowest BCUT2D eigenvalue weighted by Crippen LogP contribution is -2.47. The van der Waals surface area contributed by atoms with Gasteiger partial charge in [-0.25, -0.2) is 15.5 Å². The van der Waals surface area contributed by atoms with Gasteiger partial charge in [0.1, 0.15) is 0 Å². The number of nitrogens with two attached hydrogens (primary N) is 1. The molecule has 3 amide bonds. The van der Waals surface area contributed by atoms with E-state index in [2.05, 4.69) is 20.5 Å². The van der Waals surface area contributed by atoms with E-state index < -0.39 is 57.6 Å². The summed E-state index contributed by atoms with van der Waals surface area (Å²) in [4.78, 5) is 73.0. The summed E-state index contributed by atoms with van der Waals surface area (Å²) in [6.07, 6.45) is -1.64. The summed E-state index contributed by atoms with van der Waals surface area (Å²) in [6.45, 7) is 20.4. The Morgan fingerprint density at radius 2 is 1.07 bits per heavy atom. The number of hydrazine groups is 2. The van der Waals surface area contributed by atoms with Gasteiger partial charge >= 0.3 is 5.97 Å². The highest BCUT2D eigenvalue weighted by Crippen LogP contribution is 2.33. The van der Waals surface area contributed by atoms with E-state index in [9.17, 15) is 49.6 Å². The van der Waals surface area contributed by atoms with Gasteiger partial charge in [-0.1, -0.05) is 47.5 Å². The number of aliphatic hydroxyl groups is 2. The minimum absolute atomic E-state index is 0.0615. The van der Waals surface area contributed by atoms with Crippen LogP contribution in [0.3, 0.4) is 0 Å². The molecule has 0 aliphatic heterocycles. The number of carboxylic acids is 1. The van der Waals surface area contributed by atoms with E-state index in [1.165, 1.54) is 62.4 Å². The van der Waals surface area contributed by atoms with Crippen LogP contribution in [-0.4, -0.2) is 61.1 Å². The average molecular weight is 880 g/mol. The summed E-state index contributed by atoms with van der Waals surface area (Å²) in [5.41, 5.74) is 9.99. The number of nitrogen functional groups attached to an aromatic ring is 1. The van der Waals surface area contributed by atoms with Gasteiger partial charge in [0.2, 0.25) is 17.3 Å². The number of nitrogens with one attached hydrogen (secondary N) is 3. The largest absolute Gasteiger partial charge is 0.481 e. The molecule has 0 saturated carbocycles. The summed E-state index contributed by atoms with van der Waals surface area (Å²) in [7, 11) is 0. The number of carbonyl (C=O) groups excluding carboxylic acids is 3. The molecule has 0 aromatic heterocycles. The lowest BCUT2D eigenvalue weighted by Gasteiger charge is -2.21. The summed E-state index contributed by atoms with van der Waals surface area (Å²) in [5, 5.41) is 50.1. The Hall–Kier alpha value is -7.00. The smallest absolute Gasteiger partial charge is 0.309 e. The van der Waals surface area contributed by atoms with Crippen LogP contribution in [0.4, 0.5) is 22.7 Å². The first-order chi connectivity index (χ1) is 28.7. The maximum absolute atomic E-state index is 12.5. The zero-order chi connectivity index (χ0) is 46.1. The Balaban J connectivity index is 0.000000349. The van der Waals surface area contributed by atoms with Gasteiger partial charge in [0.15, 0.2) is 0 Å². The van der Waals surface area contributed by atoms with Crippen LogP contribution < -0.4 is 22.1 Å². The number of amides is 3. The number of nitro benzene ring substituents is 2. The molecule has 0 aliphatic carbocycles. The quantitative estimate of drug-likeness (QED) is 0.0278. The third kappa shape index (κ3) is 14.4. The molecular weight excluding hydrogens is 839 g/mol. The zero-order valence-electron chi connectivity index (χ0n) is 32.9. The van der Waals surface area contributed by atoms with E-state index in [1.54, 1.807) is 38.1 Å². The van der Waals surface area contributed by atoms with Crippen molar-refractivity contribution >= 4 is 69.6 Å². The average Bonchev–Trinajstić information content (AvgIpc) is 3.23. The molecule has 320 valence electrons. The summed E-state index contributed by atoms with van der Waals surface area (Å²) < 4.78 is 0. The van der Waals surface area contributed by atoms with E-state index in [4.69, 9.17) is 47.3 Å². The molecule has 0 aliphatic rings. The zero-order valence-corrected chi connectivity index (χ0v) is 34.4. The van der Waals surface area contributed by atoms with Crippen molar-refractivity contribution in [1.29, 1.82) is 0 Å². The number of hydrogen-bond acceptors (Lipinski definition) is 11. The maximum atomic E-state index is 12.5. The highest BCUT2D eigenvalue weighted by atomic mass is 35.5. The Bertz CT molecular complexity index is 2350. The van der Waals surface area contributed by atoms with Crippen molar-refractivity contribution in [1.82, 2.24) is 16.3 Å². The summed E-state index contributed by atoms with van der Waals surface area (Å²) in [6, 6.07) is 16.5. The van der Waals surface area contributed by atoms with Gasteiger partial charge in [-0.2, -0.15) is 0 Å². The number of aliphatic hydroxyl groups excluding tert-OH is 2. The van der Waals surface area contributed by atoms with Crippen LogP contribution in [0.25, 0.3) is 9.69 Å². The fraction of sp³-hybridized carbons (Fsp3) is 0.250. The number of carboxylic acid groups (broad SMARTS) is 1. The van der Waals surface area contributed by atoms with Crippen molar-refractivity contribution in [2.75, 3.05) is 0 Å². The van der Waals surface area contributed by atoms with Crippen LogP contribution in [-0.2, 0) is 22.4 Å². The van der Waals surface area contributed by atoms with E-state index in [1.807, 2.05) is 5.43 Å². The lowest BCUT2D eigenvalue weighted by molar-refractivity contribution is -0.385. The van der Waals surface area contributed by atoms with Crippen LogP contribution in [0.2, 0.25) is 10.0 Å². The Morgan fingerprint density at radius 3 is 1.39 bits per heavy atom. The molecule has 0 unspecified atom stereocenters. The van der Waals surface area contributed by atoms with E-state index in [0.717, 1.165) is 5.56 Å². The minimum Gasteiger partial charge on any atom is -0.481 e. The molecule has 4 rings (SSSR count). The first-order valence-electron chi connectivity index (χ1n) is 17.7. The van der Waals surface area contributed by atoms with Crippen LogP contribution in [0.1, 0.15) is 56.8 Å². The van der Waals surface area contributed by atoms with Gasteiger partial charge in [-0.3, -0.25) is 55.7 Å². The van der Waals surface area contributed by atoms with E-state index in [-0.39, 0.29) is 35.3 Å². The molecule has 19 nitrogen and oxygen atoms in total. The molecule has 4 atom stereocenters. The minimum atomic E-state index is -1.05. The van der Waals surface area contributed by atoms with Crippen LogP contribution >= 0.6 is 23.2 Å². The Kier molecular flexibility index (Phi) is 19.4. The first-order valence-corrected chi connectivity index (χ1v) is 18.4. The first kappa shape index (κ1) is 50.1. The number of non-ortho nitro benzene ring substituents is 2. The van der Waals surface area contributed by atoms with Crippen LogP contribution in [0.15, 0.2) is 72.8 Å². The van der Waals surface area contributed by atoms with Crippen molar-refractivity contribution in [2.45, 2.75) is 52.7 Å². The van der Waals surface area contributed by atoms with Gasteiger partial charge in [0.25, 0.3) is 23.2 Å². The lowest BCUT2D eigenvalue weighted by atomic mass is 9.91. The second kappa shape index (κ2) is 23.6. The normalized spacial score (nSPS) is 12.1. The van der Waals surface area contributed by atoms with E-state index >= 15 is 0 Å². The number of carbonyl (C=O) groups is 4. The molecular formula is C40H40Cl2N8O11. The molecule has 0 heterocycles. The number of benzene rings is 4. The third-order valence-electron chi connectivity index (χ3n) is 9.01.